The summed E-state index contributed by atoms with van der Waals surface area (Å²) in [5, 5.41) is 9.71. The highest BCUT2D eigenvalue weighted by molar-refractivity contribution is 6.01. The average molecular weight is 449 g/mol. The molecule has 174 valence electrons. The number of hydrogen-bond acceptors (Lipinski definition) is 6. The van der Waals surface area contributed by atoms with E-state index in [0.717, 1.165) is 66.9 Å². The molecule has 5 rings (SSSR count). The van der Waals surface area contributed by atoms with Crippen LogP contribution in [0.5, 0.6) is 0 Å². The van der Waals surface area contributed by atoms with Gasteiger partial charge in [-0.15, -0.1) is 0 Å². The summed E-state index contributed by atoms with van der Waals surface area (Å²) >= 11 is 0. The number of nitrogens with zero attached hydrogens (tertiary/aromatic N) is 4. The van der Waals surface area contributed by atoms with E-state index >= 15 is 0 Å². The first-order valence-electron chi connectivity index (χ1n) is 11.8. The van der Waals surface area contributed by atoms with Crippen LogP contribution in [0.15, 0.2) is 36.8 Å². The van der Waals surface area contributed by atoms with E-state index in [-0.39, 0.29) is 6.03 Å². The molecule has 1 aliphatic heterocycles. The Morgan fingerprint density at radius 1 is 1.06 bits per heavy atom. The molecule has 0 bridgehead atoms. The van der Waals surface area contributed by atoms with Crippen molar-refractivity contribution in [1.82, 2.24) is 30.1 Å². The van der Waals surface area contributed by atoms with Crippen LogP contribution in [-0.2, 0) is 0 Å². The molecular formula is C24H32N8O. The molecule has 1 aromatic carbocycles. The molecule has 2 fully saturated rings. The van der Waals surface area contributed by atoms with Crippen LogP contribution in [0.1, 0.15) is 31.7 Å². The van der Waals surface area contributed by atoms with E-state index in [2.05, 4.69) is 41.6 Å². The molecule has 3 heterocycles. The van der Waals surface area contributed by atoms with Gasteiger partial charge in [-0.2, -0.15) is 0 Å². The predicted octanol–water partition coefficient (Wildman–Crippen LogP) is 2.82. The summed E-state index contributed by atoms with van der Waals surface area (Å²) in [6, 6.07) is 8.64. The second-order valence-corrected chi connectivity index (χ2v) is 8.94. The first-order valence-corrected chi connectivity index (χ1v) is 11.8. The minimum absolute atomic E-state index is 0.242. The maximum Gasteiger partial charge on any atom is 0.318 e. The molecule has 5 N–H and O–H groups in total. The number of fused-ring (bicyclic) bond motifs is 1. The van der Waals surface area contributed by atoms with Crippen LogP contribution in [0.25, 0.3) is 22.2 Å². The highest BCUT2D eigenvalue weighted by Gasteiger charge is 2.29. The number of piperazine rings is 1. The molecule has 2 amide bonds. The van der Waals surface area contributed by atoms with Crippen molar-refractivity contribution < 1.29 is 4.79 Å². The Balaban J connectivity index is 1.41. The van der Waals surface area contributed by atoms with Crippen molar-refractivity contribution in [1.29, 1.82) is 0 Å². The summed E-state index contributed by atoms with van der Waals surface area (Å²) in [6.45, 7) is 4.50. The summed E-state index contributed by atoms with van der Waals surface area (Å²) in [5.41, 5.74) is 10.0. The molecule has 2 aromatic heterocycles. The molecule has 2 aliphatic rings. The Hall–Kier alpha value is -3.17. The second kappa shape index (κ2) is 9.36. The highest BCUT2D eigenvalue weighted by atomic mass is 16.2. The van der Waals surface area contributed by atoms with Gasteiger partial charge in [-0.3, -0.25) is 4.90 Å². The van der Waals surface area contributed by atoms with E-state index in [0.29, 0.717) is 17.9 Å². The van der Waals surface area contributed by atoms with Gasteiger partial charge in [-0.25, -0.2) is 14.8 Å². The van der Waals surface area contributed by atoms with Crippen LogP contribution >= 0.6 is 0 Å². The van der Waals surface area contributed by atoms with E-state index in [4.69, 9.17) is 5.73 Å². The standard InChI is InChI=1S/C24H32N8O/c1-26-24(33)30-17-4-2-16(3-5-17)20-14-32(23-21(20)22(25)28-15-29-23)19-8-6-18(7-9-19)31-12-10-27-11-13-31/h2-5,14-15,18-19,27H,6-13H2,1H3,(H2,25,28,29)(H2,26,30,33). The number of urea groups is 1. The maximum absolute atomic E-state index is 11.6. The smallest absolute Gasteiger partial charge is 0.318 e. The van der Waals surface area contributed by atoms with Gasteiger partial charge < -0.3 is 26.3 Å². The maximum atomic E-state index is 11.6. The Morgan fingerprint density at radius 3 is 2.45 bits per heavy atom. The zero-order valence-electron chi connectivity index (χ0n) is 19.1. The fourth-order valence-corrected chi connectivity index (χ4v) is 5.28. The average Bonchev–Trinajstić information content (AvgIpc) is 3.26. The van der Waals surface area contributed by atoms with Gasteiger partial charge in [0.25, 0.3) is 0 Å². The first kappa shape index (κ1) is 21.7. The van der Waals surface area contributed by atoms with Gasteiger partial charge in [0.1, 0.15) is 17.8 Å². The summed E-state index contributed by atoms with van der Waals surface area (Å²) < 4.78 is 2.31. The van der Waals surface area contributed by atoms with Crippen molar-refractivity contribution in [3.63, 3.8) is 0 Å². The van der Waals surface area contributed by atoms with E-state index in [9.17, 15) is 4.79 Å². The number of benzene rings is 1. The van der Waals surface area contributed by atoms with Gasteiger partial charge >= 0.3 is 6.03 Å². The minimum Gasteiger partial charge on any atom is -0.383 e. The summed E-state index contributed by atoms with van der Waals surface area (Å²) in [5.74, 6) is 0.496. The Morgan fingerprint density at radius 2 is 1.76 bits per heavy atom. The monoisotopic (exact) mass is 448 g/mol. The number of anilines is 2. The fraction of sp³-hybridized carbons (Fsp3) is 0.458. The zero-order valence-corrected chi connectivity index (χ0v) is 19.1. The number of rotatable bonds is 4. The number of amides is 2. The molecular weight excluding hydrogens is 416 g/mol. The lowest BCUT2D eigenvalue weighted by Gasteiger charge is -2.39. The molecule has 1 saturated heterocycles. The Bertz CT molecular complexity index is 1110. The van der Waals surface area contributed by atoms with E-state index in [1.54, 1.807) is 13.4 Å². The van der Waals surface area contributed by atoms with E-state index in [1.807, 2.05) is 24.3 Å². The van der Waals surface area contributed by atoms with Crippen molar-refractivity contribution in [2.45, 2.75) is 37.8 Å². The molecule has 0 atom stereocenters. The molecule has 0 spiro atoms. The zero-order chi connectivity index (χ0) is 22.8. The van der Waals surface area contributed by atoms with Crippen LogP contribution in [-0.4, -0.2) is 64.7 Å². The molecule has 0 unspecified atom stereocenters. The van der Waals surface area contributed by atoms with E-state index in [1.165, 1.54) is 12.8 Å². The third-order valence-corrected chi connectivity index (χ3v) is 7.05. The van der Waals surface area contributed by atoms with Crippen LogP contribution in [0.4, 0.5) is 16.3 Å². The third kappa shape index (κ3) is 4.38. The number of aromatic nitrogens is 3. The second-order valence-electron chi connectivity index (χ2n) is 8.94. The SMILES string of the molecule is CNC(=O)Nc1ccc(-c2cn(C3CCC(N4CCNCC4)CC3)c3ncnc(N)c23)cc1. The first-order chi connectivity index (χ1) is 16.1. The normalized spacial score (nSPS) is 21.7. The van der Waals surface area contributed by atoms with Crippen molar-refractivity contribution >= 4 is 28.6 Å². The lowest BCUT2D eigenvalue weighted by Crippen LogP contribution is -2.49. The molecule has 9 heteroatoms. The van der Waals surface area contributed by atoms with Crippen LogP contribution in [0.2, 0.25) is 0 Å². The molecule has 33 heavy (non-hydrogen) atoms. The fourth-order valence-electron chi connectivity index (χ4n) is 5.28. The molecule has 1 aliphatic carbocycles. The number of carbonyl (C=O) groups is 1. The quantitative estimate of drug-likeness (QED) is 0.488. The number of carbonyl (C=O) groups excluding carboxylic acids is 1. The van der Waals surface area contributed by atoms with Crippen LogP contribution in [0, 0.1) is 0 Å². The van der Waals surface area contributed by atoms with Gasteiger partial charge in [-0.1, -0.05) is 12.1 Å². The summed E-state index contributed by atoms with van der Waals surface area (Å²) in [4.78, 5) is 23.1. The van der Waals surface area contributed by atoms with Crippen LogP contribution in [0.3, 0.4) is 0 Å². The molecule has 3 aromatic rings. The van der Waals surface area contributed by atoms with Gasteiger partial charge in [0.2, 0.25) is 0 Å². The number of hydrogen-bond donors (Lipinski definition) is 4. The van der Waals surface area contributed by atoms with Crippen molar-refractivity contribution in [2.75, 3.05) is 44.3 Å². The highest BCUT2D eigenvalue weighted by Crippen LogP contribution is 2.39. The topological polar surface area (TPSA) is 113 Å². The summed E-state index contributed by atoms with van der Waals surface area (Å²) in [7, 11) is 1.60. The molecule has 1 saturated carbocycles. The van der Waals surface area contributed by atoms with Gasteiger partial charge in [0.05, 0.1) is 5.39 Å². The molecule has 9 nitrogen and oxygen atoms in total. The number of nitrogens with one attached hydrogen (secondary N) is 3. The molecule has 0 radical (unpaired) electrons. The van der Waals surface area contributed by atoms with E-state index < -0.39 is 0 Å². The van der Waals surface area contributed by atoms with Gasteiger partial charge in [0, 0.05) is 62.8 Å². The number of nitrogen functional groups attached to an aromatic ring is 1. The Kier molecular flexibility index (Phi) is 6.15. The van der Waals surface area contributed by atoms with Crippen molar-refractivity contribution in [3.8, 4) is 11.1 Å². The Labute approximate surface area is 193 Å². The number of nitrogens with two attached hydrogens (primary N) is 1. The third-order valence-electron chi connectivity index (χ3n) is 7.05. The van der Waals surface area contributed by atoms with Crippen molar-refractivity contribution in [2.24, 2.45) is 0 Å². The predicted molar refractivity (Wildman–Crippen MR) is 131 cm³/mol. The van der Waals surface area contributed by atoms with Gasteiger partial charge in [-0.05, 0) is 43.4 Å². The lowest BCUT2D eigenvalue weighted by atomic mass is 9.89. The van der Waals surface area contributed by atoms with Crippen molar-refractivity contribution in [3.05, 3.63) is 36.8 Å². The minimum atomic E-state index is -0.242. The lowest BCUT2D eigenvalue weighted by molar-refractivity contribution is 0.124. The largest absolute Gasteiger partial charge is 0.383 e. The van der Waals surface area contributed by atoms with Crippen LogP contribution < -0.4 is 21.7 Å². The summed E-state index contributed by atoms with van der Waals surface area (Å²) in [6.07, 6.45) is 8.43. The van der Waals surface area contributed by atoms with Gasteiger partial charge in [0.15, 0.2) is 0 Å².